The maximum Gasteiger partial charge on any atom is 0.00440 e. The predicted octanol–water partition coefficient (Wildman–Crippen LogP) is 1.61. The minimum absolute atomic E-state index is 0.0961. The molecule has 0 aliphatic rings. The Bertz CT molecular complexity index is 151. The van der Waals surface area contributed by atoms with Crippen LogP contribution in [-0.4, -0.2) is 6.54 Å². The molecule has 1 atom stereocenters. The van der Waals surface area contributed by atoms with E-state index in [2.05, 4.69) is 20.8 Å². The Morgan fingerprint density at radius 3 is 1.91 bits per heavy atom. The van der Waals surface area contributed by atoms with E-state index in [1.807, 2.05) is 6.92 Å². The highest BCUT2D eigenvalue weighted by Gasteiger charge is 2.22. The fraction of sp³-hybridized carbons (Fsp3) is 0.778. The molecule has 0 fully saturated rings. The fourth-order valence-corrected chi connectivity index (χ4v) is 1.04. The minimum Gasteiger partial charge on any atom is -0.402 e. The molecule has 0 bridgehead atoms. The Balaban J connectivity index is 4.64. The lowest BCUT2D eigenvalue weighted by Gasteiger charge is -2.28. The molecular weight excluding hydrogens is 136 g/mol. The normalized spacial score (nSPS) is 19.0. The van der Waals surface area contributed by atoms with Crippen molar-refractivity contribution in [2.75, 3.05) is 6.54 Å². The van der Waals surface area contributed by atoms with E-state index >= 15 is 0 Å². The zero-order valence-corrected chi connectivity index (χ0v) is 8.07. The summed E-state index contributed by atoms with van der Waals surface area (Å²) in [5.41, 5.74) is 13.6. The molecule has 2 heteroatoms. The molecule has 4 N–H and O–H groups in total. The van der Waals surface area contributed by atoms with Crippen LogP contribution >= 0.6 is 0 Å². The molecule has 0 aliphatic heterocycles. The number of allylic oxidation sites excluding steroid dienone is 1. The van der Waals surface area contributed by atoms with E-state index in [9.17, 15) is 0 Å². The average molecular weight is 156 g/mol. The van der Waals surface area contributed by atoms with Crippen LogP contribution in [0.25, 0.3) is 0 Å². The Kier molecular flexibility index (Phi) is 3.59. The SMILES string of the molecule is CC[C@](C)(CN)/C(C)=C(/C)N. The van der Waals surface area contributed by atoms with Gasteiger partial charge in [-0.25, -0.2) is 0 Å². The van der Waals surface area contributed by atoms with Crippen molar-refractivity contribution in [2.45, 2.75) is 34.1 Å². The maximum absolute atomic E-state index is 5.70. The molecule has 11 heavy (non-hydrogen) atoms. The van der Waals surface area contributed by atoms with Crippen LogP contribution in [0.1, 0.15) is 34.1 Å². The van der Waals surface area contributed by atoms with Gasteiger partial charge in [0.2, 0.25) is 0 Å². The van der Waals surface area contributed by atoms with Crippen LogP contribution < -0.4 is 11.5 Å². The highest BCUT2D eigenvalue weighted by molar-refractivity contribution is 5.15. The lowest BCUT2D eigenvalue weighted by molar-refractivity contribution is 0.391. The van der Waals surface area contributed by atoms with E-state index in [4.69, 9.17) is 11.5 Å². The first kappa shape index (κ1) is 10.5. The summed E-state index contributed by atoms with van der Waals surface area (Å²) in [5, 5.41) is 0. The summed E-state index contributed by atoms with van der Waals surface area (Å²) in [6.45, 7) is 8.95. The summed E-state index contributed by atoms with van der Waals surface area (Å²) in [6, 6.07) is 0. The molecule has 2 nitrogen and oxygen atoms in total. The zero-order valence-electron chi connectivity index (χ0n) is 8.07. The van der Waals surface area contributed by atoms with E-state index in [1.165, 1.54) is 5.57 Å². The largest absolute Gasteiger partial charge is 0.402 e. The van der Waals surface area contributed by atoms with Gasteiger partial charge in [0, 0.05) is 17.7 Å². The standard InChI is InChI=1S/C9H20N2/c1-5-9(4,6-10)7(2)8(3)11/h5-6,10-11H2,1-4H3/b8-7-/t9-/m1/s1. The van der Waals surface area contributed by atoms with Crippen LogP contribution in [0.5, 0.6) is 0 Å². The van der Waals surface area contributed by atoms with Crippen LogP contribution in [0.3, 0.4) is 0 Å². The Morgan fingerprint density at radius 1 is 1.36 bits per heavy atom. The van der Waals surface area contributed by atoms with Gasteiger partial charge in [-0.1, -0.05) is 13.8 Å². The Morgan fingerprint density at radius 2 is 1.82 bits per heavy atom. The van der Waals surface area contributed by atoms with Crippen LogP contribution in [0.15, 0.2) is 11.3 Å². The minimum atomic E-state index is 0.0961. The first-order valence-corrected chi connectivity index (χ1v) is 4.11. The van der Waals surface area contributed by atoms with Gasteiger partial charge >= 0.3 is 0 Å². The van der Waals surface area contributed by atoms with Crippen LogP contribution in [0.4, 0.5) is 0 Å². The first-order valence-electron chi connectivity index (χ1n) is 4.11. The van der Waals surface area contributed by atoms with Crippen molar-refractivity contribution in [2.24, 2.45) is 16.9 Å². The molecular formula is C9H20N2. The van der Waals surface area contributed by atoms with Crippen molar-refractivity contribution in [3.8, 4) is 0 Å². The molecule has 0 radical (unpaired) electrons. The molecule has 0 aliphatic carbocycles. The Labute approximate surface area is 69.6 Å². The van der Waals surface area contributed by atoms with Crippen LogP contribution in [0, 0.1) is 5.41 Å². The van der Waals surface area contributed by atoms with Gasteiger partial charge in [-0.05, 0) is 25.8 Å². The zero-order chi connectivity index (χ0) is 9.07. The van der Waals surface area contributed by atoms with Crippen molar-refractivity contribution in [3.05, 3.63) is 11.3 Å². The quantitative estimate of drug-likeness (QED) is 0.652. The molecule has 0 unspecified atom stereocenters. The van der Waals surface area contributed by atoms with Gasteiger partial charge in [0.1, 0.15) is 0 Å². The molecule has 66 valence electrons. The van der Waals surface area contributed by atoms with Gasteiger partial charge in [0.15, 0.2) is 0 Å². The summed E-state index contributed by atoms with van der Waals surface area (Å²) in [7, 11) is 0. The van der Waals surface area contributed by atoms with E-state index in [0.29, 0.717) is 6.54 Å². The van der Waals surface area contributed by atoms with Gasteiger partial charge in [0.25, 0.3) is 0 Å². The van der Waals surface area contributed by atoms with E-state index in [-0.39, 0.29) is 5.41 Å². The van der Waals surface area contributed by atoms with Gasteiger partial charge < -0.3 is 11.5 Å². The molecule has 0 aromatic heterocycles. The molecule has 0 rings (SSSR count). The van der Waals surface area contributed by atoms with Gasteiger partial charge in [-0.15, -0.1) is 0 Å². The van der Waals surface area contributed by atoms with Gasteiger partial charge in [0.05, 0.1) is 0 Å². The van der Waals surface area contributed by atoms with E-state index in [0.717, 1.165) is 12.1 Å². The third-order valence-corrected chi connectivity index (χ3v) is 2.73. The van der Waals surface area contributed by atoms with Crippen molar-refractivity contribution in [1.29, 1.82) is 0 Å². The van der Waals surface area contributed by atoms with Gasteiger partial charge in [-0.3, -0.25) is 0 Å². The summed E-state index contributed by atoms with van der Waals surface area (Å²) < 4.78 is 0. The van der Waals surface area contributed by atoms with Crippen molar-refractivity contribution in [3.63, 3.8) is 0 Å². The van der Waals surface area contributed by atoms with Crippen molar-refractivity contribution < 1.29 is 0 Å². The number of rotatable bonds is 3. The lowest BCUT2D eigenvalue weighted by Crippen LogP contribution is -2.29. The van der Waals surface area contributed by atoms with E-state index in [1.54, 1.807) is 0 Å². The number of hydrogen-bond donors (Lipinski definition) is 2. The third kappa shape index (κ3) is 2.22. The average Bonchev–Trinajstić information content (AvgIpc) is 2.01. The molecule has 0 aromatic carbocycles. The molecule has 0 saturated carbocycles. The molecule has 0 saturated heterocycles. The first-order chi connectivity index (χ1) is 4.98. The monoisotopic (exact) mass is 156 g/mol. The van der Waals surface area contributed by atoms with E-state index < -0.39 is 0 Å². The summed E-state index contributed by atoms with van der Waals surface area (Å²) in [4.78, 5) is 0. The second kappa shape index (κ2) is 3.77. The number of nitrogens with two attached hydrogens (primary N) is 2. The topological polar surface area (TPSA) is 52.0 Å². The van der Waals surface area contributed by atoms with Crippen molar-refractivity contribution in [1.82, 2.24) is 0 Å². The summed E-state index contributed by atoms with van der Waals surface area (Å²) in [6.07, 6.45) is 1.05. The van der Waals surface area contributed by atoms with Gasteiger partial charge in [-0.2, -0.15) is 0 Å². The highest BCUT2D eigenvalue weighted by atomic mass is 14.6. The third-order valence-electron chi connectivity index (χ3n) is 2.73. The molecule has 0 aromatic rings. The Hall–Kier alpha value is -0.500. The smallest absolute Gasteiger partial charge is 0.00440 e. The summed E-state index contributed by atoms with van der Waals surface area (Å²) >= 11 is 0. The summed E-state index contributed by atoms with van der Waals surface area (Å²) in [5.74, 6) is 0. The van der Waals surface area contributed by atoms with Crippen molar-refractivity contribution >= 4 is 0 Å². The van der Waals surface area contributed by atoms with Crippen LogP contribution in [0.2, 0.25) is 0 Å². The molecule has 0 heterocycles. The highest BCUT2D eigenvalue weighted by Crippen LogP contribution is 2.29. The second-order valence-electron chi connectivity index (χ2n) is 3.43. The molecule has 0 spiro atoms. The lowest BCUT2D eigenvalue weighted by atomic mass is 9.80. The maximum atomic E-state index is 5.70. The molecule has 0 amide bonds. The number of hydrogen-bond acceptors (Lipinski definition) is 2. The van der Waals surface area contributed by atoms with Crippen LogP contribution in [-0.2, 0) is 0 Å². The fourth-order valence-electron chi connectivity index (χ4n) is 1.04. The predicted molar refractivity (Wildman–Crippen MR) is 50.0 cm³/mol. The second-order valence-corrected chi connectivity index (χ2v) is 3.43.